The third-order valence-electron chi connectivity index (χ3n) is 12.5. The summed E-state index contributed by atoms with van der Waals surface area (Å²) >= 11 is 6.20. The van der Waals surface area contributed by atoms with Gasteiger partial charge >= 0.3 is 0 Å². The third kappa shape index (κ3) is 7.42. The van der Waals surface area contributed by atoms with Crippen molar-refractivity contribution in [1.82, 2.24) is 15.1 Å². The summed E-state index contributed by atoms with van der Waals surface area (Å²) in [5.74, 6) is -0.0916. The van der Waals surface area contributed by atoms with E-state index in [1.165, 1.54) is 16.8 Å². The highest BCUT2D eigenvalue weighted by molar-refractivity contribution is 6.31. The molecule has 1 saturated carbocycles. The first-order chi connectivity index (χ1) is 27.7. The molecule has 1 atom stereocenters. The first kappa shape index (κ1) is 37.1. The second kappa shape index (κ2) is 15.4. The van der Waals surface area contributed by atoms with Crippen molar-refractivity contribution < 1.29 is 23.9 Å². The van der Waals surface area contributed by atoms with E-state index in [-0.39, 0.29) is 24.9 Å². The molecule has 4 amide bonds. The van der Waals surface area contributed by atoms with E-state index in [0.29, 0.717) is 33.5 Å². The fourth-order valence-corrected chi connectivity index (χ4v) is 9.46. The topological polar surface area (TPSA) is 139 Å². The molecule has 0 bridgehead atoms. The summed E-state index contributed by atoms with van der Waals surface area (Å²) in [5.41, 5.74) is 6.96. The second-order valence-electron chi connectivity index (χ2n) is 16.1. The normalized spacial score (nSPS) is 24.1. The van der Waals surface area contributed by atoms with Gasteiger partial charge in [0, 0.05) is 88.2 Å². The van der Waals surface area contributed by atoms with Gasteiger partial charge in [-0.15, -0.1) is 0 Å². The molecule has 1 unspecified atom stereocenters. The molecule has 0 aromatic heterocycles. The van der Waals surface area contributed by atoms with Gasteiger partial charge in [0.05, 0.1) is 33.5 Å². The van der Waals surface area contributed by atoms with Crippen LogP contribution in [0.3, 0.4) is 0 Å². The molecule has 3 aromatic carbocycles. The van der Waals surface area contributed by atoms with Crippen LogP contribution in [0.4, 0.5) is 11.4 Å². The van der Waals surface area contributed by atoms with E-state index >= 15 is 0 Å². The van der Waals surface area contributed by atoms with Crippen LogP contribution in [0.5, 0.6) is 5.75 Å². The highest BCUT2D eigenvalue weighted by Crippen LogP contribution is 2.37. The molecule has 3 saturated heterocycles. The Bertz CT molecular complexity index is 2230. The second-order valence-corrected chi connectivity index (χ2v) is 16.5. The number of carbonyl (C=O) groups excluding carboxylic acids is 4. The lowest BCUT2D eigenvalue weighted by molar-refractivity contribution is -0.136. The Morgan fingerprint density at radius 2 is 1.56 bits per heavy atom. The van der Waals surface area contributed by atoms with E-state index in [0.717, 1.165) is 100.0 Å². The highest BCUT2D eigenvalue weighted by Gasteiger charge is 2.45. The summed E-state index contributed by atoms with van der Waals surface area (Å²) < 4.78 is 6.20. The number of piperidine rings is 1. The van der Waals surface area contributed by atoms with Gasteiger partial charge in [0.2, 0.25) is 11.8 Å². The van der Waals surface area contributed by atoms with E-state index in [1.807, 2.05) is 12.1 Å². The fourth-order valence-electron chi connectivity index (χ4n) is 9.25. The summed E-state index contributed by atoms with van der Waals surface area (Å²) in [4.78, 5) is 63.5. The van der Waals surface area contributed by atoms with E-state index in [1.54, 1.807) is 24.3 Å². The number of hydrogen-bond donors (Lipinski definition) is 1. The molecule has 4 fully saturated rings. The molecule has 1 N–H and O–H groups in total. The van der Waals surface area contributed by atoms with E-state index in [2.05, 4.69) is 56.6 Å². The van der Waals surface area contributed by atoms with Gasteiger partial charge in [-0.3, -0.25) is 39.3 Å². The number of benzene rings is 3. The van der Waals surface area contributed by atoms with Crippen molar-refractivity contribution in [2.45, 2.75) is 57.1 Å². The lowest BCUT2D eigenvalue weighted by atomic mass is 9.81. The standard InChI is InChI=1S/C44H44ClN7O5/c45-38-21-35(11-5-30(38)22-46)57-34-9-3-28(4-10-34)31-19-39(47-23-31)29-1-6-32(7-2-29)51-25-27(26-51)24-49-15-17-50(18-16-49)33-8-12-36-37(20-33)44(56)52(43(36)55)40-13-14-41(53)48-42(40)54/h1-2,5-8,11-12,20-21,23,27-28,34,40H,3-4,9-10,13-19,24-26H2,(H,48,53,54). The predicted octanol–water partition coefficient (Wildman–Crippen LogP) is 5.59. The molecule has 6 aliphatic rings. The van der Waals surface area contributed by atoms with Crippen LogP contribution >= 0.6 is 11.6 Å². The minimum atomic E-state index is -0.962. The number of rotatable bonds is 9. The number of imide groups is 2. The van der Waals surface area contributed by atoms with Crippen LogP contribution in [0, 0.1) is 23.2 Å². The Morgan fingerprint density at radius 1 is 0.825 bits per heavy atom. The number of carbonyl (C=O) groups is 4. The molecular formula is C44H44ClN7O5. The molecule has 0 radical (unpaired) electrons. The lowest BCUT2D eigenvalue weighted by Crippen LogP contribution is -2.55. The highest BCUT2D eigenvalue weighted by atomic mass is 35.5. The van der Waals surface area contributed by atoms with Gasteiger partial charge in [-0.2, -0.15) is 5.26 Å². The Kier molecular flexibility index (Phi) is 10.0. The first-order valence-electron chi connectivity index (χ1n) is 20.0. The zero-order valence-corrected chi connectivity index (χ0v) is 32.4. The number of aliphatic imine (C=N–C) groups is 1. The first-order valence-corrected chi connectivity index (χ1v) is 20.4. The Morgan fingerprint density at radius 3 is 2.28 bits per heavy atom. The number of amides is 4. The molecule has 5 heterocycles. The minimum absolute atomic E-state index is 0.100. The maximum atomic E-state index is 13.3. The molecule has 292 valence electrons. The van der Waals surface area contributed by atoms with Crippen LogP contribution in [-0.2, 0) is 9.59 Å². The number of nitrogens with one attached hydrogen (secondary N) is 1. The SMILES string of the molecule is N#Cc1ccc(OC2CCC(C3=CN=C(c4ccc(N5CC(CN6CCN(c7ccc8c(c7)C(=O)N(C7CCC(=O)NC7=O)C8=O)CC6)C5)cc4)C3)CC2)cc1Cl. The van der Waals surface area contributed by atoms with Crippen molar-refractivity contribution in [2.24, 2.45) is 16.8 Å². The van der Waals surface area contributed by atoms with Crippen LogP contribution in [0.25, 0.3) is 0 Å². The van der Waals surface area contributed by atoms with Crippen molar-refractivity contribution >= 4 is 52.3 Å². The maximum Gasteiger partial charge on any atom is 0.262 e. The number of anilines is 2. The number of nitrogens with zero attached hydrogens (tertiary/aromatic N) is 6. The average molecular weight is 786 g/mol. The summed E-state index contributed by atoms with van der Waals surface area (Å²) in [6.45, 7) is 6.58. The zero-order chi connectivity index (χ0) is 39.2. The van der Waals surface area contributed by atoms with Crippen LogP contribution in [0.2, 0.25) is 5.02 Å². The van der Waals surface area contributed by atoms with Gasteiger partial charge in [-0.05, 0) is 91.6 Å². The van der Waals surface area contributed by atoms with Gasteiger partial charge in [0.25, 0.3) is 11.8 Å². The summed E-state index contributed by atoms with van der Waals surface area (Å²) in [6, 6.07) is 20.6. The third-order valence-corrected chi connectivity index (χ3v) is 12.8. The van der Waals surface area contributed by atoms with E-state index < -0.39 is 23.8 Å². The smallest absolute Gasteiger partial charge is 0.262 e. The van der Waals surface area contributed by atoms with Crippen LogP contribution in [0.15, 0.2) is 77.4 Å². The van der Waals surface area contributed by atoms with Crippen molar-refractivity contribution in [1.29, 1.82) is 5.26 Å². The Balaban J connectivity index is 0.700. The number of hydrogen-bond acceptors (Lipinski definition) is 10. The van der Waals surface area contributed by atoms with Crippen LogP contribution < -0.4 is 19.9 Å². The Labute approximate surface area is 336 Å². The fraction of sp³-hybridized carbons (Fsp3) is 0.409. The van der Waals surface area contributed by atoms with Crippen molar-refractivity contribution in [2.75, 3.05) is 55.6 Å². The van der Waals surface area contributed by atoms with Gasteiger partial charge in [-0.25, -0.2) is 0 Å². The van der Waals surface area contributed by atoms with Gasteiger partial charge in [0.15, 0.2) is 0 Å². The molecule has 1 aliphatic carbocycles. The lowest BCUT2D eigenvalue weighted by Gasteiger charge is -2.45. The van der Waals surface area contributed by atoms with Crippen LogP contribution in [0.1, 0.15) is 76.8 Å². The summed E-state index contributed by atoms with van der Waals surface area (Å²) in [7, 11) is 0. The number of nitriles is 1. The molecule has 0 spiro atoms. The number of halogens is 1. The van der Waals surface area contributed by atoms with E-state index in [4.69, 9.17) is 26.6 Å². The van der Waals surface area contributed by atoms with Crippen LogP contribution in [-0.4, -0.2) is 97.1 Å². The largest absolute Gasteiger partial charge is 0.490 e. The van der Waals surface area contributed by atoms with Crippen molar-refractivity contribution in [3.05, 3.63) is 99.7 Å². The monoisotopic (exact) mass is 785 g/mol. The number of ether oxygens (including phenoxy) is 1. The summed E-state index contributed by atoms with van der Waals surface area (Å²) in [6.07, 6.45) is 7.49. The van der Waals surface area contributed by atoms with E-state index in [9.17, 15) is 19.2 Å². The minimum Gasteiger partial charge on any atom is -0.490 e. The molecule has 9 rings (SSSR count). The zero-order valence-electron chi connectivity index (χ0n) is 31.7. The van der Waals surface area contributed by atoms with Gasteiger partial charge < -0.3 is 14.5 Å². The number of piperazine rings is 1. The Hall–Kier alpha value is -5.51. The molecular weight excluding hydrogens is 742 g/mol. The molecule has 13 heteroatoms. The van der Waals surface area contributed by atoms with Gasteiger partial charge in [0.1, 0.15) is 17.9 Å². The number of fused-ring (bicyclic) bond motifs is 1. The molecule has 3 aromatic rings. The van der Waals surface area contributed by atoms with Crippen molar-refractivity contribution in [3.63, 3.8) is 0 Å². The number of allylic oxidation sites excluding steroid dienone is 1. The average Bonchev–Trinajstić information content (AvgIpc) is 3.79. The van der Waals surface area contributed by atoms with Crippen molar-refractivity contribution in [3.8, 4) is 11.8 Å². The molecule has 5 aliphatic heterocycles. The quantitative estimate of drug-likeness (QED) is 0.276. The predicted molar refractivity (Wildman–Crippen MR) is 216 cm³/mol. The molecule has 57 heavy (non-hydrogen) atoms. The molecule has 12 nitrogen and oxygen atoms in total. The van der Waals surface area contributed by atoms with Gasteiger partial charge in [-0.1, -0.05) is 23.7 Å². The summed E-state index contributed by atoms with van der Waals surface area (Å²) in [5, 5.41) is 11.8. The maximum absolute atomic E-state index is 13.3.